The van der Waals surface area contributed by atoms with Crippen LogP contribution >= 0.6 is 0 Å². The van der Waals surface area contributed by atoms with Gasteiger partial charge in [-0.3, -0.25) is 4.79 Å². The molecule has 3 rings (SSSR count). The van der Waals surface area contributed by atoms with E-state index in [9.17, 15) is 9.59 Å². The number of hydrogen-bond donors (Lipinski definition) is 1. The fourth-order valence-electron chi connectivity index (χ4n) is 2.79. The van der Waals surface area contributed by atoms with E-state index in [1.54, 1.807) is 37.4 Å². The van der Waals surface area contributed by atoms with Gasteiger partial charge in [0, 0.05) is 5.56 Å². The van der Waals surface area contributed by atoms with Crippen molar-refractivity contribution in [1.82, 2.24) is 15.0 Å². The molecular weight excluding hydrogens is 394 g/mol. The van der Waals surface area contributed by atoms with Gasteiger partial charge in [-0.25, -0.2) is 9.48 Å². The van der Waals surface area contributed by atoms with Crippen molar-refractivity contribution >= 4 is 11.9 Å². The van der Waals surface area contributed by atoms with Crippen molar-refractivity contribution in [2.24, 2.45) is 0 Å². The largest absolute Gasteiger partial charge is 0.512 e. The second kappa shape index (κ2) is 8.95. The van der Waals surface area contributed by atoms with Crippen LogP contribution in [0.3, 0.4) is 0 Å². The molecule has 2 aromatic carbocycles. The Kier molecular flexibility index (Phi) is 6.16. The number of rotatable bonds is 8. The highest BCUT2D eigenvalue weighted by Crippen LogP contribution is 2.30. The van der Waals surface area contributed by atoms with Crippen LogP contribution < -0.4 is 18.9 Å². The molecule has 156 valence electrons. The smallest absolute Gasteiger partial charge is 0.497 e. The summed E-state index contributed by atoms with van der Waals surface area (Å²) in [6, 6.07) is 11.7. The predicted octanol–water partition coefficient (Wildman–Crippen LogP) is 2.64. The Hall–Kier alpha value is -4.08. The van der Waals surface area contributed by atoms with Gasteiger partial charge in [0.1, 0.15) is 5.75 Å². The fourth-order valence-corrected chi connectivity index (χ4v) is 2.79. The number of hydrogen-bond acceptors (Lipinski definition) is 8. The number of aromatic nitrogens is 3. The monoisotopic (exact) mass is 413 g/mol. The molecule has 10 nitrogen and oxygen atoms in total. The molecule has 0 fully saturated rings. The van der Waals surface area contributed by atoms with Crippen LogP contribution in [0.1, 0.15) is 21.6 Å². The van der Waals surface area contributed by atoms with E-state index in [0.29, 0.717) is 17.2 Å². The molecule has 3 aromatic rings. The standard InChI is InChI=1S/C20H19N3O7/c1-27-14-7-4-12(5-8-14)11-23-17(19(21-22-23)30-20(25)26)18(24)13-6-9-15(28-2)16(10-13)29-3/h4-10H,11H2,1-3H3,(H,25,26). The van der Waals surface area contributed by atoms with Crippen LogP contribution in [0.5, 0.6) is 23.1 Å². The lowest BCUT2D eigenvalue weighted by atomic mass is 10.1. The predicted molar refractivity (Wildman–Crippen MR) is 104 cm³/mol. The maximum absolute atomic E-state index is 13.2. The van der Waals surface area contributed by atoms with Gasteiger partial charge in [0.15, 0.2) is 17.2 Å². The topological polar surface area (TPSA) is 122 Å². The molecule has 0 atom stereocenters. The summed E-state index contributed by atoms with van der Waals surface area (Å²) >= 11 is 0. The summed E-state index contributed by atoms with van der Waals surface area (Å²) in [6.07, 6.45) is -1.60. The Bertz CT molecular complexity index is 1060. The molecule has 10 heteroatoms. The van der Waals surface area contributed by atoms with Crippen molar-refractivity contribution in [3.63, 3.8) is 0 Å². The molecule has 0 aliphatic carbocycles. The number of methoxy groups -OCH3 is 3. The first-order valence-electron chi connectivity index (χ1n) is 8.70. The molecule has 0 amide bonds. The van der Waals surface area contributed by atoms with Crippen molar-refractivity contribution < 1.29 is 33.6 Å². The Labute approximate surface area is 171 Å². The summed E-state index contributed by atoms with van der Waals surface area (Å²) in [4.78, 5) is 24.2. The van der Waals surface area contributed by atoms with Gasteiger partial charge in [-0.2, -0.15) is 0 Å². The number of carbonyl (C=O) groups is 2. The van der Waals surface area contributed by atoms with Crippen LogP contribution in [0, 0.1) is 0 Å². The summed E-state index contributed by atoms with van der Waals surface area (Å²) in [6.45, 7) is 0.161. The second-order valence-electron chi connectivity index (χ2n) is 6.02. The van der Waals surface area contributed by atoms with E-state index in [-0.39, 0.29) is 17.8 Å². The van der Waals surface area contributed by atoms with Crippen LogP contribution in [0.25, 0.3) is 0 Å². The van der Waals surface area contributed by atoms with Crippen molar-refractivity contribution in [3.8, 4) is 23.1 Å². The number of ether oxygens (including phenoxy) is 4. The van der Waals surface area contributed by atoms with Crippen LogP contribution in [0.15, 0.2) is 42.5 Å². The van der Waals surface area contributed by atoms with Gasteiger partial charge in [0.25, 0.3) is 5.88 Å². The molecule has 30 heavy (non-hydrogen) atoms. The van der Waals surface area contributed by atoms with E-state index in [1.807, 2.05) is 0 Å². The molecule has 0 saturated heterocycles. The first-order chi connectivity index (χ1) is 14.5. The normalized spacial score (nSPS) is 10.4. The third kappa shape index (κ3) is 4.32. The third-order valence-corrected chi connectivity index (χ3v) is 4.24. The summed E-state index contributed by atoms with van der Waals surface area (Å²) in [5.41, 5.74) is 0.908. The quantitative estimate of drug-likeness (QED) is 0.438. The maximum atomic E-state index is 13.2. The number of nitrogens with zero attached hydrogens (tertiary/aromatic N) is 3. The van der Waals surface area contributed by atoms with E-state index in [0.717, 1.165) is 5.56 Å². The van der Waals surface area contributed by atoms with Gasteiger partial charge < -0.3 is 24.1 Å². The molecule has 0 spiro atoms. The molecule has 0 aliphatic heterocycles. The minimum absolute atomic E-state index is 0.111. The van der Waals surface area contributed by atoms with Gasteiger partial charge in [-0.1, -0.05) is 22.4 Å². The lowest BCUT2D eigenvalue weighted by Crippen LogP contribution is -2.15. The lowest BCUT2D eigenvalue weighted by Gasteiger charge is -2.10. The molecule has 0 radical (unpaired) electrons. The van der Waals surface area contributed by atoms with Crippen molar-refractivity contribution in [1.29, 1.82) is 0 Å². The average molecular weight is 413 g/mol. The van der Waals surface area contributed by atoms with Crippen molar-refractivity contribution in [2.75, 3.05) is 21.3 Å². The molecule has 0 aliphatic rings. The zero-order valence-corrected chi connectivity index (χ0v) is 16.5. The van der Waals surface area contributed by atoms with Crippen LogP contribution in [-0.4, -0.2) is 53.4 Å². The highest BCUT2D eigenvalue weighted by Gasteiger charge is 2.26. The first kappa shape index (κ1) is 20.6. The van der Waals surface area contributed by atoms with Gasteiger partial charge in [-0.05, 0) is 35.9 Å². The van der Waals surface area contributed by atoms with E-state index in [2.05, 4.69) is 15.0 Å². The number of carbonyl (C=O) groups excluding carboxylic acids is 1. The molecule has 0 bridgehead atoms. The average Bonchev–Trinajstić information content (AvgIpc) is 3.14. The fraction of sp³-hybridized carbons (Fsp3) is 0.200. The van der Waals surface area contributed by atoms with E-state index in [4.69, 9.17) is 19.3 Å². The van der Waals surface area contributed by atoms with E-state index >= 15 is 0 Å². The molecule has 1 heterocycles. The number of benzene rings is 2. The third-order valence-electron chi connectivity index (χ3n) is 4.24. The zero-order valence-electron chi connectivity index (χ0n) is 16.5. The highest BCUT2D eigenvalue weighted by atomic mass is 16.7. The van der Waals surface area contributed by atoms with Crippen LogP contribution in [0.2, 0.25) is 0 Å². The lowest BCUT2D eigenvalue weighted by molar-refractivity contribution is 0.102. The number of ketones is 1. The number of carboxylic acid groups (broad SMARTS) is 1. The molecule has 0 unspecified atom stereocenters. The minimum atomic E-state index is -1.60. The van der Waals surface area contributed by atoms with Gasteiger partial charge in [-0.15, -0.1) is 0 Å². The Morgan fingerprint density at radius 2 is 1.67 bits per heavy atom. The second-order valence-corrected chi connectivity index (χ2v) is 6.02. The van der Waals surface area contributed by atoms with Gasteiger partial charge >= 0.3 is 6.16 Å². The highest BCUT2D eigenvalue weighted by molar-refractivity contribution is 6.09. The Balaban J connectivity index is 2.01. The summed E-state index contributed by atoms with van der Waals surface area (Å²) in [7, 11) is 4.48. The molecule has 1 N–H and O–H groups in total. The Morgan fingerprint density at radius 1 is 0.967 bits per heavy atom. The zero-order chi connectivity index (χ0) is 21.7. The molecule has 1 aromatic heterocycles. The first-order valence-corrected chi connectivity index (χ1v) is 8.70. The van der Waals surface area contributed by atoms with E-state index in [1.165, 1.54) is 31.0 Å². The molecule has 0 saturated carbocycles. The van der Waals surface area contributed by atoms with E-state index < -0.39 is 17.8 Å². The summed E-state index contributed by atoms with van der Waals surface area (Å²) in [5.74, 6) is 0.523. The summed E-state index contributed by atoms with van der Waals surface area (Å²) in [5, 5.41) is 16.6. The SMILES string of the molecule is COc1ccc(Cn2nnc(OC(=O)O)c2C(=O)c2ccc(OC)c(OC)c2)cc1. The van der Waals surface area contributed by atoms with Crippen LogP contribution in [-0.2, 0) is 6.54 Å². The van der Waals surface area contributed by atoms with Crippen molar-refractivity contribution in [2.45, 2.75) is 6.54 Å². The summed E-state index contributed by atoms with van der Waals surface area (Å²) < 4.78 is 21.5. The maximum Gasteiger partial charge on any atom is 0.512 e. The minimum Gasteiger partial charge on any atom is -0.497 e. The van der Waals surface area contributed by atoms with Gasteiger partial charge in [0.2, 0.25) is 5.78 Å². The van der Waals surface area contributed by atoms with Gasteiger partial charge in [0.05, 0.1) is 27.9 Å². The Morgan fingerprint density at radius 3 is 2.27 bits per heavy atom. The van der Waals surface area contributed by atoms with Crippen LogP contribution in [0.4, 0.5) is 4.79 Å². The van der Waals surface area contributed by atoms with Crippen molar-refractivity contribution in [3.05, 3.63) is 59.3 Å². The molecular formula is C20H19N3O7.